The predicted octanol–water partition coefficient (Wildman–Crippen LogP) is 0.317. The summed E-state index contributed by atoms with van der Waals surface area (Å²) in [6.07, 6.45) is 5.21. The maximum atomic E-state index is 7.80. The largest absolute Gasteiger partial charge is 0.370 e. The summed E-state index contributed by atoms with van der Waals surface area (Å²) >= 11 is 0. The number of hydrogen-bond acceptors (Lipinski definition) is 1. The summed E-state index contributed by atoms with van der Waals surface area (Å²) in [5.41, 5.74) is 10.6. The number of aliphatic imine (C=N–C) groups is 1. The van der Waals surface area contributed by atoms with Gasteiger partial charge >= 0.3 is 0 Å². The predicted molar refractivity (Wildman–Crippen MR) is 60.6 cm³/mol. The number of nitrogens with two attached hydrogens (primary N) is 2. The first-order chi connectivity index (χ1) is 7.15. The van der Waals surface area contributed by atoms with Crippen LogP contribution in [-0.2, 0) is 0 Å². The zero-order valence-electron chi connectivity index (χ0n) is 8.95. The highest BCUT2D eigenvalue weighted by Crippen LogP contribution is 2.33. The second-order valence-corrected chi connectivity index (χ2v) is 4.65. The van der Waals surface area contributed by atoms with Crippen LogP contribution in [0.15, 0.2) is 4.99 Å². The molecule has 0 amide bonds. The van der Waals surface area contributed by atoms with Gasteiger partial charge in [-0.1, -0.05) is 0 Å². The highest BCUT2D eigenvalue weighted by molar-refractivity contribution is 5.91. The van der Waals surface area contributed by atoms with Crippen molar-refractivity contribution in [2.45, 2.75) is 25.7 Å². The summed E-state index contributed by atoms with van der Waals surface area (Å²) in [6.45, 7) is 1.90. The molecule has 0 spiro atoms. The average molecular weight is 209 g/mol. The first kappa shape index (κ1) is 10.3. The van der Waals surface area contributed by atoms with Gasteiger partial charge in [-0.05, 0) is 37.5 Å². The Morgan fingerprint density at radius 2 is 1.53 bits per heavy atom. The Labute approximate surface area is 90.0 Å². The van der Waals surface area contributed by atoms with Crippen molar-refractivity contribution >= 4 is 11.9 Å². The number of fused-ring (bicyclic) bond motifs is 4. The molecule has 0 aromatic heterocycles. The minimum atomic E-state index is -0.0170. The van der Waals surface area contributed by atoms with Crippen molar-refractivity contribution in [3.8, 4) is 0 Å². The van der Waals surface area contributed by atoms with Crippen LogP contribution in [0.5, 0.6) is 0 Å². The molecule has 5 N–H and O–H groups in total. The molecule has 2 heterocycles. The fourth-order valence-corrected chi connectivity index (χ4v) is 2.66. The fraction of sp³-hybridized carbons (Fsp3) is 0.800. The van der Waals surface area contributed by atoms with Crippen LogP contribution < -0.4 is 11.5 Å². The summed E-state index contributed by atoms with van der Waals surface area (Å²) in [7, 11) is 0. The van der Waals surface area contributed by atoms with E-state index in [1.807, 2.05) is 4.90 Å². The van der Waals surface area contributed by atoms with Crippen molar-refractivity contribution in [3.63, 3.8) is 0 Å². The minimum Gasteiger partial charge on any atom is -0.370 e. The average Bonchev–Trinajstić information content (AvgIpc) is 2.49. The lowest BCUT2D eigenvalue weighted by Crippen LogP contribution is -2.36. The van der Waals surface area contributed by atoms with Crippen molar-refractivity contribution in [1.29, 1.82) is 5.41 Å². The lowest BCUT2D eigenvalue weighted by molar-refractivity contribution is 0.326. The van der Waals surface area contributed by atoms with Gasteiger partial charge in [0.05, 0.1) is 0 Å². The standard InChI is InChI=1S/C10H19N5/c11-9(12)14-10(13)15-5-7-1-2-8(6-15)4-3-7/h7-8H,1-6H2,(H5,11,12,13,14). The molecular weight excluding hydrogens is 190 g/mol. The Kier molecular flexibility index (Phi) is 2.79. The van der Waals surface area contributed by atoms with Gasteiger partial charge in [-0.2, -0.15) is 4.99 Å². The van der Waals surface area contributed by atoms with Crippen LogP contribution in [-0.4, -0.2) is 29.9 Å². The third-order valence-corrected chi connectivity index (χ3v) is 3.46. The summed E-state index contributed by atoms with van der Waals surface area (Å²) in [5, 5.41) is 7.80. The highest BCUT2D eigenvalue weighted by Gasteiger charge is 2.30. The lowest BCUT2D eigenvalue weighted by atomic mass is 9.84. The van der Waals surface area contributed by atoms with Crippen LogP contribution in [0.25, 0.3) is 0 Å². The molecule has 0 aromatic carbocycles. The first-order valence-electron chi connectivity index (χ1n) is 5.58. The molecule has 15 heavy (non-hydrogen) atoms. The van der Waals surface area contributed by atoms with E-state index in [0.29, 0.717) is 0 Å². The maximum Gasteiger partial charge on any atom is 0.221 e. The molecular formula is C10H19N5. The Morgan fingerprint density at radius 3 is 1.93 bits per heavy atom. The molecule has 3 rings (SSSR count). The molecule has 0 aromatic rings. The molecule has 3 aliphatic rings. The molecule has 2 saturated heterocycles. The Hall–Kier alpha value is -1.26. The summed E-state index contributed by atoms with van der Waals surface area (Å²) < 4.78 is 0. The van der Waals surface area contributed by atoms with E-state index in [9.17, 15) is 0 Å². The van der Waals surface area contributed by atoms with Gasteiger partial charge in [-0.15, -0.1) is 0 Å². The van der Waals surface area contributed by atoms with Gasteiger partial charge < -0.3 is 16.4 Å². The van der Waals surface area contributed by atoms with Crippen LogP contribution in [0, 0.1) is 17.2 Å². The van der Waals surface area contributed by atoms with Crippen LogP contribution >= 0.6 is 0 Å². The van der Waals surface area contributed by atoms with Gasteiger partial charge in [0.2, 0.25) is 5.96 Å². The van der Waals surface area contributed by atoms with Gasteiger partial charge in [0.15, 0.2) is 5.96 Å². The van der Waals surface area contributed by atoms with Crippen LogP contribution in [0.4, 0.5) is 0 Å². The molecule has 5 nitrogen and oxygen atoms in total. The van der Waals surface area contributed by atoms with Gasteiger partial charge in [0.25, 0.3) is 0 Å². The van der Waals surface area contributed by atoms with Crippen LogP contribution in [0.3, 0.4) is 0 Å². The molecule has 0 atom stereocenters. The lowest BCUT2D eigenvalue weighted by Gasteiger charge is -2.22. The van der Waals surface area contributed by atoms with E-state index in [0.717, 1.165) is 24.9 Å². The zero-order valence-corrected chi connectivity index (χ0v) is 8.95. The Bertz CT molecular complexity index is 260. The second kappa shape index (κ2) is 4.08. The fourth-order valence-electron chi connectivity index (χ4n) is 2.66. The SMILES string of the molecule is N=C(N=C(N)N)N1CC2CCC(CC2)C1. The summed E-state index contributed by atoms with van der Waals surface area (Å²) in [6, 6.07) is 0. The highest BCUT2D eigenvalue weighted by atomic mass is 15.3. The van der Waals surface area contributed by atoms with E-state index >= 15 is 0 Å². The Balaban J connectivity index is 2.04. The Morgan fingerprint density at radius 1 is 1.07 bits per heavy atom. The van der Waals surface area contributed by atoms with Crippen LogP contribution in [0.2, 0.25) is 0 Å². The van der Waals surface area contributed by atoms with E-state index in [4.69, 9.17) is 16.9 Å². The van der Waals surface area contributed by atoms with Crippen molar-refractivity contribution in [3.05, 3.63) is 0 Å². The number of nitrogens with one attached hydrogen (secondary N) is 1. The second-order valence-electron chi connectivity index (χ2n) is 4.65. The maximum absolute atomic E-state index is 7.80. The smallest absolute Gasteiger partial charge is 0.221 e. The van der Waals surface area contributed by atoms with Crippen molar-refractivity contribution < 1.29 is 0 Å². The number of hydrogen-bond donors (Lipinski definition) is 3. The molecule has 2 aliphatic heterocycles. The van der Waals surface area contributed by atoms with E-state index in [1.54, 1.807) is 0 Å². The summed E-state index contributed by atoms with van der Waals surface area (Å²) in [4.78, 5) is 5.84. The van der Waals surface area contributed by atoms with Gasteiger partial charge in [-0.3, -0.25) is 5.41 Å². The molecule has 0 radical (unpaired) electrons. The molecule has 0 unspecified atom stereocenters. The van der Waals surface area contributed by atoms with Gasteiger partial charge in [-0.25, -0.2) is 0 Å². The van der Waals surface area contributed by atoms with E-state index < -0.39 is 0 Å². The van der Waals surface area contributed by atoms with Gasteiger partial charge in [0.1, 0.15) is 0 Å². The van der Waals surface area contributed by atoms with E-state index in [2.05, 4.69) is 4.99 Å². The molecule has 3 fully saturated rings. The molecule has 84 valence electrons. The number of nitrogens with zero attached hydrogens (tertiary/aromatic N) is 2. The first-order valence-corrected chi connectivity index (χ1v) is 5.58. The summed E-state index contributed by atoms with van der Waals surface area (Å²) in [5.74, 6) is 1.68. The molecule has 2 bridgehead atoms. The van der Waals surface area contributed by atoms with Crippen LogP contribution in [0.1, 0.15) is 25.7 Å². The van der Waals surface area contributed by atoms with Gasteiger partial charge in [0, 0.05) is 13.1 Å². The number of guanidine groups is 2. The normalized spacial score (nSPS) is 29.7. The minimum absolute atomic E-state index is 0.0170. The zero-order chi connectivity index (χ0) is 10.8. The van der Waals surface area contributed by atoms with Crippen molar-refractivity contribution in [2.24, 2.45) is 28.3 Å². The molecule has 1 saturated carbocycles. The molecule has 5 heteroatoms. The van der Waals surface area contributed by atoms with E-state index in [1.165, 1.54) is 25.7 Å². The molecule has 1 aliphatic carbocycles. The van der Waals surface area contributed by atoms with E-state index in [-0.39, 0.29) is 11.9 Å². The van der Waals surface area contributed by atoms with Crippen molar-refractivity contribution in [1.82, 2.24) is 4.90 Å². The third-order valence-electron chi connectivity index (χ3n) is 3.46. The quantitative estimate of drug-likeness (QED) is 0.396. The number of rotatable bonds is 0. The van der Waals surface area contributed by atoms with Crippen molar-refractivity contribution in [2.75, 3.05) is 13.1 Å². The monoisotopic (exact) mass is 209 g/mol. The third kappa shape index (κ3) is 2.40. The topological polar surface area (TPSA) is 91.5 Å².